The van der Waals surface area contributed by atoms with Crippen LogP contribution in [0.4, 0.5) is 17.1 Å². The standard InChI is InChI=1S/C25H19Cl2N3O6S/c1-13-9-16(12-21(22(13)27)37(33,34)35)29-30-23-17-6-4-3-5-14(17)10-18(24(23)31)25(32)28-15-7-8-19(26)20(11-15)36-2/h3-12,31H,1-2H3,(H,28,32)(H,33,34,35). The van der Waals surface area contributed by atoms with Crippen LogP contribution in [0.2, 0.25) is 10.0 Å². The minimum absolute atomic E-state index is 0.0158. The second-order valence-electron chi connectivity index (χ2n) is 7.90. The number of methoxy groups -OCH3 is 1. The first-order valence-corrected chi connectivity index (χ1v) is 12.8. The van der Waals surface area contributed by atoms with Crippen LogP contribution >= 0.6 is 23.2 Å². The van der Waals surface area contributed by atoms with Crippen LogP contribution < -0.4 is 10.1 Å². The van der Waals surface area contributed by atoms with Crippen LogP contribution in [-0.2, 0) is 10.1 Å². The van der Waals surface area contributed by atoms with Crippen molar-refractivity contribution >= 4 is 67.1 Å². The van der Waals surface area contributed by atoms with E-state index in [9.17, 15) is 22.9 Å². The number of aryl methyl sites for hydroxylation is 1. The second-order valence-corrected chi connectivity index (χ2v) is 10.1. The summed E-state index contributed by atoms with van der Waals surface area (Å²) in [6.45, 7) is 1.54. The lowest BCUT2D eigenvalue weighted by Gasteiger charge is -2.12. The van der Waals surface area contributed by atoms with Gasteiger partial charge in [-0.05, 0) is 48.2 Å². The van der Waals surface area contributed by atoms with E-state index in [-0.39, 0.29) is 22.0 Å². The fraction of sp³-hybridized carbons (Fsp3) is 0.0800. The number of fused-ring (bicyclic) bond motifs is 1. The molecule has 4 aromatic rings. The molecule has 0 atom stereocenters. The number of hydrogen-bond acceptors (Lipinski definition) is 7. The SMILES string of the molecule is COc1cc(NC(=O)c2cc3ccccc3c(N=Nc3cc(C)c(Cl)c(S(=O)(=O)O)c3)c2O)ccc1Cl. The van der Waals surface area contributed by atoms with E-state index in [0.717, 1.165) is 6.07 Å². The number of aromatic hydroxyl groups is 1. The fourth-order valence-corrected chi connectivity index (χ4v) is 4.85. The lowest BCUT2D eigenvalue weighted by Crippen LogP contribution is -2.12. The van der Waals surface area contributed by atoms with Gasteiger partial charge in [-0.2, -0.15) is 13.5 Å². The molecule has 4 aromatic carbocycles. The molecule has 0 saturated carbocycles. The number of carbonyl (C=O) groups is 1. The van der Waals surface area contributed by atoms with E-state index < -0.39 is 26.7 Å². The van der Waals surface area contributed by atoms with Gasteiger partial charge < -0.3 is 15.2 Å². The molecule has 0 aromatic heterocycles. The molecule has 190 valence electrons. The number of carbonyl (C=O) groups excluding carboxylic acids is 1. The summed E-state index contributed by atoms with van der Waals surface area (Å²) in [6, 6.07) is 15.6. The van der Waals surface area contributed by atoms with E-state index in [0.29, 0.717) is 32.8 Å². The van der Waals surface area contributed by atoms with Crippen LogP contribution in [0, 0.1) is 6.92 Å². The average Bonchev–Trinajstić information content (AvgIpc) is 2.85. The Balaban J connectivity index is 1.79. The van der Waals surface area contributed by atoms with Crippen LogP contribution in [0.25, 0.3) is 10.8 Å². The second kappa shape index (κ2) is 10.3. The Labute approximate surface area is 222 Å². The number of rotatable bonds is 6. The zero-order valence-electron chi connectivity index (χ0n) is 19.4. The first kappa shape index (κ1) is 26.4. The van der Waals surface area contributed by atoms with Crippen molar-refractivity contribution in [1.82, 2.24) is 0 Å². The molecule has 0 aliphatic heterocycles. The minimum Gasteiger partial charge on any atom is -0.505 e. The van der Waals surface area contributed by atoms with Gasteiger partial charge in [0.25, 0.3) is 16.0 Å². The number of halogens is 2. The lowest BCUT2D eigenvalue weighted by molar-refractivity contribution is 0.102. The highest BCUT2D eigenvalue weighted by molar-refractivity contribution is 7.86. The van der Waals surface area contributed by atoms with E-state index >= 15 is 0 Å². The van der Waals surface area contributed by atoms with Crippen LogP contribution in [-0.4, -0.2) is 31.1 Å². The Hall–Kier alpha value is -3.70. The number of benzene rings is 4. The van der Waals surface area contributed by atoms with Gasteiger partial charge in [0.05, 0.1) is 28.4 Å². The van der Waals surface area contributed by atoms with Crippen molar-refractivity contribution in [1.29, 1.82) is 0 Å². The van der Waals surface area contributed by atoms with Crippen molar-refractivity contribution in [2.24, 2.45) is 10.2 Å². The molecule has 3 N–H and O–H groups in total. The first-order valence-electron chi connectivity index (χ1n) is 10.6. The number of nitrogens with zero attached hydrogens (tertiary/aromatic N) is 2. The molecule has 12 heteroatoms. The summed E-state index contributed by atoms with van der Waals surface area (Å²) in [5.74, 6) is -0.708. The third kappa shape index (κ3) is 5.52. The minimum atomic E-state index is -4.61. The monoisotopic (exact) mass is 559 g/mol. The van der Waals surface area contributed by atoms with Crippen molar-refractivity contribution in [2.45, 2.75) is 11.8 Å². The van der Waals surface area contributed by atoms with Crippen molar-refractivity contribution in [3.05, 3.63) is 81.8 Å². The van der Waals surface area contributed by atoms with Gasteiger partial charge in [0.15, 0.2) is 5.75 Å². The Morgan fingerprint density at radius 1 is 1.03 bits per heavy atom. The Morgan fingerprint density at radius 2 is 1.76 bits per heavy atom. The highest BCUT2D eigenvalue weighted by atomic mass is 35.5. The molecule has 0 bridgehead atoms. The molecule has 0 saturated heterocycles. The smallest absolute Gasteiger partial charge is 0.296 e. The van der Waals surface area contributed by atoms with E-state index in [1.54, 1.807) is 43.3 Å². The predicted octanol–water partition coefficient (Wildman–Crippen LogP) is 7.08. The summed E-state index contributed by atoms with van der Waals surface area (Å²) in [4.78, 5) is 12.6. The summed E-state index contributed by atoms with van der Waals surface area (Å²) in [7, 11) is -3.17. The van der Waals surface area contributed by atoms with E-state index in [1.807, 2.05) is 0 Å². The van der Waals surface area contributed by atoms with Gasteiger partial charge in [0.2, 0.25) is 0 Å². The Bertz CT molecular complexity index is 1690. The third-order valence-corrected chi connectivity index (χ3v) is 7.20. The normalized spacial score (nSPS) is 11.7. The lowest BCUT2D eigenvalue weighted by atomic mass is 10.0. The summed E-state index contributed by atoms with van der Waals surface area (Å²) in [5, 5.41) is 23.2. The summed E-state index contributed by atoms with van der Waals surface area (Å²) in [6.07, 6.45) is 0. The molecule has 9 nitrogen and oxygen atoms in total. The molecule has 0 aliphatic rings. The van der Waals surface area contributed by atoms with Gasteiger partial charge in [-0.25, -0.2) is 0 Å². The van der Waals surface area contributed by atoms with Crippen LogP contribution in [0.5, 0.6) is 11.5 Å². The van der Waals surface area contributed by atoms with E-state index in [2.05, 4.69) is 15.5 Å². The molecule has 37 heavy (non-hydrogen) atoms. The van der Waals surface area contributed by atoms with Crippen molar-refractivity contribution in [3.8, 4) is 11.5 Å². The topological polar surface area (TPSA) is 138 Å². The van der Waals surface area contributed by atoms with Crippen LogP contribution in [0.1, 0.15) is 15.9 Å². The highest BCUT2D eigenvalue weighted by Gasteiger charge is 2.20. The molecule has 0 spiro atoms. The number of amides is 1. The number of hydrogen-bond donors (Lipinski definition) is 3. The summed E-state index contributed by atoms with van der Waals surface area (Å²) in [5.41, 5.74) is 0.689. The number of phenolic OH excluding ortho intramolecular Hbond substituents is 1. The maximum absolute atomic E-state index is 13.1. The highest BCUT2D eigenvalue weighted by Crippen LogP contribution is 2.40. The molecule has 0 heterocycles. The molecule has 1 amide bonds. The zero-order chi connectivity index (χ0) is 26.9. The number of azo groups is 1. The number of phenols is 1. The van der Waals surface area contributed by atoms with Gasteiger partial charge in [-0.3, -0.25) is 9.35 Å². The zero-order valence-corrected chi connectivity index (χ0v) is 21.7. The Morgan fingerprint density at radius 3 is 2.46 bits per heavy atom. The van der Waals surface area contributed by atoms with Gasteiger partial charge in [-0.1, -0.05) is 47.5 Å². The summed E-state index contributed by atoms with van der Waals surface area (Å²) < 4.78 is 38.0. The van der Waals surface area contributed by atoms with Crippen molar-refractivity contribution < 1.29 is 27.6 Å². The summed E-state index contributed by atoms with van der Waals surface area (Å²) >= 11 is 12.1. The van der Waals surface area contributed by atoms with E-state index in [1.165, 1.54) is 25.3 Å². The number of nitrogens with one attached hydrogen (secondary N) is 1. The molecule has 0 radical (unpaired) electrons. The molecular formula is C25H19Cl2N3O6S. The van der Waals surface area contributed by atoms with Crippen molar-refractivity contribution in [3.63, 3.8) is 0 Å². The van der Waals surface area contributed by atoms with Gasteiger partial charge in [0.1, 0.15) is 16.3 Å². The molecule has 0 aliphatic carbocycles. The number of anilines is 1. The quantitative estimate of drug-likeness (QED) is 0.170. The molecule has 0 unspecified atom stereocenters. The third-order valence-electron chi connectivity index (χ3n) is 5.40. The maximum atomic E-state index is 13.1. The van der Waals surface area contributed by atoms with Crippen LogP contribution in [0.15, 0.2) is 75.8 Å². The van der Waals surface area contributed by atoms with Crippen LogP contribution in [0.3, 0.4) is 0 Å². The first-order chi connectivity index (χ1) is 17.5. The maximum Gasteiger partial charge on any atom is 0.296 e. The molecular weight excluding hydrogens is 541 g/mol. The largest absolute Gasteiger partial charge is 0.505 e. The molecule has 0 fully saturated rings. The average molecular weight is 560 g/mol. The van der Waals surface area contributed by atoms with Crippen molar-refractivity contribution in [2.75, 3.05) is 12.4 Å². The Kier molecular flexibility index (Phi) is 7.37. The van der Waals surface area contributed by atoms with Gasteiger partial charge in [0, 0.05) is 17.1 Å². The molecule has 4 rings (SSSR count). The predicted molar refractivity (Wildman–Crippen MR) is 142 cm³/mol. The fourth-order valence-electron chi connectivity index (χ4n) is 3.60. The number of ether oxygens (including phenoxy) is 1. The van der Waals surface area contributed by atoms with Gasteiger partial charge in [-0.15, -0.1) is 5.11 Å². The van der Waals surface area contributed by atoms with E-state index in [4.69, 9.17) is 27.9 Å². The van der Waals surface area contributed by atoms with Gasteiger partial charge >= 0.3 is 0 Å².